The van der Waals surface area contributed by atoms with Gasteiger partial charge in [-0.3, -0.25) is 0 Å². The molecule has 0 aliphatic rings. The predicted octanol–water partition coefficient (Wildman–Crippen LogP) is 3.44. The van der Waals surface area contributed by atoms with E-state index in [1.54, 1.807) is 19.9 Å². The summed E-state index contributed by atoms with van der Waals surface area (Å²) in [6, 6.07) is 4.96. The second kappa shape index (κ2) is 5.63. The minimum Gasteiger partial charge on any atom is -0.392 e. The summed E-state index contributed by atoms with van der Waals surface area (Å²) in [5, 5.41) is 17.9. The molecule has 0 saturated heterocycles. The third-order valence-corrected chi connectivity index (χ3v) is 3.71. The van der Waals surface area contributed by atoms with E-state index in [0.717, 1.165) is 6.07 Å². The molecule has 1 N–H and O–H groups in total. The third kappa shape index (κ3) is 3.65. The first kappa shape index (κ1) is 14.9. The van der Waals surface area contributed by atoms with Crippen LogP contribution in [0.25, 0.3) is 0 Å². The Labute approximate surface area is 107 Å². The van der Waals surface area contributed by atoms with Crippen LogP contribution >= 0.6 is 11.8 Å². The van der Waals surface area contributed by atoms with Crippen LogP contribution in [0.2, 0.25) is 0 Å². The van der Waals surface area contributed by atoms with Gasteiger partial charge in [-0.05, 0) is 25.1 Å². The molecule has 0 spiro atoms. The highest BCUT2D eigenvalue weighted by molar-refractivity contribution is 8.00. The molecule has 0 heterocycles. The molecule has 6 heteroatoms. The van der Waals surface area contributed by atoms with E-state index < -0.39 is 23.4 Å². The maximum Gasteiger partial charge on any atom is 0.417 e. The largest absolute Gasteiger partial charge is 0.417 e. The lowest BCUT2D eigenvalue weighted by Crippen LogP contribution is -2.15. The van der Waals surface area contributed by atoms with Crippen molar-refractivity contribution in [3.63, 3.8) is 0 Å². The monoisotopic (exact) mass is 275 g/mol. The van der Waals surface area contributed by atoms with Crippen molar-refractivity contribution in [3.05, 3.63) is 29.3 Å². The molecule has 0 bridgehead atoms. The summed E-state index contributed by atoms with van der Waals surface area (Å²) in [7, 11) is 0. The number of hydrogen-bond donors (Lipinski definition) is 1. The van der Waals surface area contributed by atoms with Crippen molar-refractivity contribution in [3.8, 4) is 6.07 Å². The molecule has 0 saturated carbocycles. The van der Waals surface area contributed by atoms with E-state index in [1.807, 2.05) is 0 Å². The predicted molar refractivity (Wildman–Crippen MR) is 63.2 cm³/mol. The molecule has 0 aliphatic heterocycles. The van der Waals surface area contributed by atoms with Gasteiger partial charge in [0.25, 0.3) is 0 Å². The van der Waals surface area contributed by atoms with Crippen LogP contribution in [0.3, 0.4) is 0 Å². The maximum atomic E-state index is 12.6. The van der Waals surface area contributed by atoms with Crippen molar-refractivity contribution in [1.82, 2.24) is 0 Å². The van der Waals surface area contributed by atoms with Crippen LogP contribution in [0.15, 0.2) is 23.1 Å². The van der Waals surface area contributed by atoms with E-state index in [1.165, 1.54) is 23.9 Å². The fourth-order valence-corrected chi connectivity index (χ4v) is 2.21. The van der Waals surface area contributed by atoms with Gasteiger partial charge < -0.3 is 5.11 Å². The summed E-state index contributed by atoms with van der Waals surface area (Å²) in [5.74, 6) is 0. The van der Waals surface area contributed by atoms with Crippen LogP contribution in [0.5, 0.6) is 0 Å². The lowest BCUT2D eigenvalue weighted by atomic mass is 10.1. The number of hydrogen-bond acceptors (Lipinski definition) is 3. The zero-order valence-electron chi connectivity index (χ0n) is 9.82. The van der Waals surface area contributed by atoms with E-state index >= 15 is 0 Å². The molecule has 0 fully saturated rings. The van der Waals surface area contributed by atoms with E-state index in [0.29, 0.717) is 4.90 Å². The molecule has 0 aliphatic carbocycles. The van der Waals surface area contributed by atoms with Crippen LogP contribution in [0, 0.1) is 11.3 Å². The van der Waals surface area contributed by atoms with Crippen LogP contribution in [-0.4, -0.2) is 16.5 Å². The normalized spacial score (nSPS) is 14.9. The quantitative estimate of drug-likeness (QED) is 0.859. The lowest BCUT2D eigenvalue weighted by Gasteiger charge is -2.15. The van der Waals surface area contributed by atoms with E-state index in [9.17, 15) is 18.3 Å². The molecule has 1 rings (SSSR count). The Morgan fingerprint density at radius 2 is 1.94 bits per heavy atom. The second-order valence-corrected chi connectivity index (χ2v) is 5.33. The number of rotatable bonds is 3. The summed E-state index contributed by atoms with van der Waals surface area (Å²) in [6.45, 7) is 3.37. The van der Waals surface area contributed by atoms with Crippen LogP contribution < -0.4 is 0 Å². The number of nitrogens with zero attached hydrogens (tertiary/aromatic N) is 1. The number of halogens is 3. The summed E-state index contributed by atoms with van der Waals surface area (Å²) < 4.78 is 37.7. The first-order valence-corrected chi connectivity index (χ1v) is 6.09. The Bertz CT molecular complexity index is 465. The fraction of sp³-hybridized carbons (Fsp3) is 0.417. The molecule has 98 valence electrons. The number of nitriles is 1. The van der Waals surface area contributed by atoms with Gasteiger partial charge in [0.15, 0.2) is 0 Å². The molecule has 2 unspecified atom stereocenters. The van der Waals surface area contributed by atoms with Crippen molar-refractivity contribution < 1.29 is 18.3 Å². The average molecular weight is 275 g/mol. The minimum absolute atomic E-state index is 0.159. The van der Waals surface area contributed by atoms with Gasteiger partial charge in [-0.2, -0.15) is 18.4 Å². The van der Waals surface area contributed by atoms with Gasteiger partial charge in [-0.25, -0.2) is 0 Å². The molecule has 1 aromatic rings. The Morgan fingerprint density at radius 3 is 2.39 bits per heavy atom. The molecule has 0 radical (unpaired) electrons. The number of alkyl halides is 3. The smallest absolute Gasteiger partial charge is 0.392 e. The topological polar surface area (TPSA) is 44.0 Å². The summed E-state index contributed by atoms with van der Waals surface area (Å²) in [6.07, 6.45) is -5.10. The molecule has 18 heavy (non-hydrogen) atoms. The summed E-state index contributed by atoms with van der Waals surface area (Å²) in [5.41, 5.74) is -1.33. The van der Waals surface area contributed by atoms with E-state index in [-0.39, 0.29) is 5.25 Å². The second-order valence-electron chi connectivity index (χ2n) is 3.88. The van der Waals surface area contributed by atoms with Crippen LogP contribution in [-0.2, 0) is 6.18 Å². The van der Waals surface area contributed by atoms with Gasteiger partial charge in [-0.1, -0.05) is 6.92 Å². The minimum atomic E-state index is -4.52. The molecule has 2 nitrogen and oxygen atoms in total. The van der Waals surface area contributed by atoms with Crippen LogP contribution in [0.4, 0.5) is 13.2 Å². The van der Waals surface area contributed by atoms with Gasteiger partial charge in [0, 0.05) is 10.1 Å². The van der Waals surface area contributed by atoms with Gasteiger partial charge in [-0.15, -0.1) is 11.8 Å². The van der Waals surface area contributed by atoms with Gasteiger partial charge in [0.2, 0.25) is 0 Å². The molecule has 0 aromatic heterocycles. The Balaban J connectivity index is 3.04. The molecular formula is C12H12F3NOS. The highest BCUT2D eigenvalue weighted by atomic mass is 32.2. The van der Waals surface area contributed by atoms with E-state index in [2.05, 4.69) is 0 Å². The zero-order valence-corrected chi connectivity index (χ0v) is 10.6. The van der Waals surface area contributed by atoms with Gasteiger partial charge in [0.1, 0.15) is 0 Å². The third-order valence-electron chi connectivity index (χ3n) is 2.42. The Morgan fingerprint density at radius 1 is 1.33 bits per heavy atom. The van der Waals surface area contributed by atoms with Crippen LogP contribution in [0.1, 0.15) is 25.0 Å². The summed E-state index contributed by atoms with van der Waals surface area (Å²) >= 11 is 1.23. The number of benzene rings is 1. The Kier molecular flexibility index (Phi) is 4.65. The first-order valence-electron chi connectivity index (χ1n) is 5.21. The van der Waals surface area contributed by atoms with E-state index in [4.69, 9.17) is 5.26 Å². The first-order chi connectivity index (χ1) is 8.25. The molecule has 1 aromatic carbocycles. The fourth-order valence-electron chi connectivity index (χ4n) is 1.25. The number of aliphatic hydroxyl groups excluding tert-OH is 1. The average Bonchev–Trinajstić information content (AvgIpc) is 2.27. The SMILES string of the molecule is CC(O)C(C)Sc1ccc(C(F)(F)F)c(C#N)c1. The standard InChI is InChI=1S/C12H12F3NOS/c1-7(17)8(2)18-10-3-4-11(12(13,14)15)9(5-10)6-16/h3-5,7-8,17H,1-2H3. The van der Waals surface area contributed by atoms with Crippen molar-refractivity contribution >= 4 is 11.8 Å². The van der Waals surface area contributed by atoms with Crippen molar-refractivity contribution in [1.29, 1.82) is 5.26 Å². The van der Waals surface area contributed by atoms with Crippen molar-refractivity contribution in [2.75, 3.05) is 0 Å². The van der Waals surface area contributed by atoms with Crippen molar-refractivity contribution in [2.24, 2.45) is 0 Å². The highest BCUT2D eigenvalue weighted by Gasteiger charge is 2.33. The zero-order chi connectivity index (χ0) is 13.9. The van der Waals surface area contributed by atoms with Gasteiger partial charge in [0.05, 0.1) is 23.3 Å². The molecule has 2 atom stereocenters. The highest BCUT2D eigenvalue weighted by Crippen LogP contribution is 2.34. The molecule has 0 amide bonds. The number of thioether (sulfide) groups is 1. The van der Waals surface area contributed by atoms with Crippen molar-refractivity contribution in [2.45, 2.75) is 36.3 Å². The maximum absolute atomic E-state index is 12.6. The van der Waals surface area contributed by atoms with Gasteiger partial charge >= 0.3 is 6.18 Å². The summed E-state index contributed by atoms with van der Waals surface area (Å²) in [4.78, 5) is 0.535. The Hall–Kier alpha value is -1.19. The number of aliphatic hydroxyl groups is 1. The lowest BCUT2D eigenvalue weighted by molar-refractivity contribution is -0.137. The molecular weight excluding hydrogens is 263 g/mol.